The fraction of sp³-hybridized carbons (Fsp3) is 1.00. The molecule has 1 aliphatic rings. The lowest BCUT2D eigenvalue weighted by atomic mass is 10.0. The van der Waals surface area contributed by atoms with Crippen molar-refractivity contribution >= 4 is 0 Å². The zero-order valence-electron chi connectivity index (χ0n) is 9.87. The predicted octanol–water partition coefficient (Wildman–Crippen LogP) is 0.750. The van der Waals surface area contributed by atoms with Crippen molar-refractivity contribution in [3.8, 4) is 0 Å². The zero-order valence-corrected chi connectivity index (χ0v) is 9.87. The fourth-order valence-electron chi connectivity index (χ4n) is 2.29. The molecule has 1 aliphatic heterocycles. The third-order valence-corrected chi connectivity index (χ3v) is 3.23. The molecule has 0 aromatic carbocycles. The Morgan fingerprint density at radius 1 is 1.36 bits per heavy atom. The highest BCUT2D eigenvalue weighted by molar-refractivity contribution is 4.85. The van der Waals surface area contributed by atoms with Crippen LogP contribution in [0.15, 0.2) is 0 Å². The summed E-state index contributed by atoms with van der Waals surface area (Å²) >= 11 is 0. The summed E-state index contributed by atoms with van der Waals surface area (Å²) in [7, 11) is 4.41. The highest BCUT2D eigenvalue weighted by atomic mass is 15.2. The third-order valence-electron chi connectivity index (χ3n) is 3.23. The Labute approximate surface area is 88.2 Å². The van der Waals surface area contributed by atoms with E-state index in [1.54, 1.807) is 0 Å². The summed E-state index contributed by atoms with van der Waals surface area (Å²) in [5.41, 5.74) is 6.21. The summed E-state index contributed by atoms with van der Waals surface area (Å²) in [5.74, 6) is 0. The van der Waals surface area contributed by atoms with E-state index in [4.69, 9.17) is 5.73 Å². The molecule has 2 atom stereocenters. The van der Waals surface area contributed by atoms with Crippen LogP contribution in [0.1, 0.15) is 26.2 Å². The minimum absolute atomic E-state index is 0.338. The first-order valence-corrected chi connectivity index (χ1v) is 5.79. The van der Waals surface area contributed by atoms with Crippen molar-refractivity contribution in [1.82, 2.24) is 9.80 Å². The Kier molecular flexibility index (Phi) is 4.85. The molecule has 1 heterocycles. The summed E-state index contributed by atoms with van der Waals surface area (Å²) in [6.07, 6.45) is 3.60. The average molecular weight is 199 g/mol. The van der Waals surface area contributed by atoms with Crippen molar-refractivity contribution in [2.75, 3.05) is 33.7 Å². The Hall–Kier alpha value is -0.120. The maximum absolute atomic E-state index is 6.21. The van der Waals surface area contributed by atoms with Crippen LogP contribution < -0.4 is 5.73 Å². The SMILES string of the molecule is CCC[C@@H](N)C1CN(C)CCCN1C. The second-order valence-corrected chi connectivity index (χ2v) is 4.62. The first kappa shape index (κ1) is 12.0. The average Bonchev–Trinajstić information content (AvgIpc) is 2.29. The first-order valence-electron chi connectivity index (χ1n) is 5.79. The van der Waals surface area contributed by atoms with E-state index in [0.717, 1.165) is 13.0 Å². The van der Waals surface area contributed by atoms with Crippen molar-refractivity contribution in [1.29, 1.82) is 0 Å². The van der Waals surface area contributed by atoms with Crippen LogP contribution >= 0.6 is 0 Å². The predicted molar refractivity (Wildman–Crippen MR) is 61.4 cm³/mol. The molecule has 0 saturated carbocycles. The van der Waals surface area contributed by atoms with Gasteiger partial charge in [0.1, 0.15) is 0 Å². The van der Waals surface area contributed by atoms with E-state index in [2.05, 4.69) is 30.8 Å². The van der Waals surface area contributed by atoms with Gasteiger partial charge in [-0.3, -0.25) is 0 Å². The largest absolute Gasteiger partial charge is 0.326 e. The van der Waals surface area contributed by atoms with Gasteiger partial charge in [0.05, 0.1) is 0 Å². The lowest BCUT2D eigenvalue weighted by Crippen LogP contribution is -2.50. The molecule has 0 amide bonds. The molecule has 1 unspecified atom stereocenters. The molecule has 3 nitrogen and oxygen atoms in total. The molecule has 1 saturated heterocycles. The number of hydrogen-bond donors (Lipinski definition) is 1. The quantitative estimate of drug-likeness (QED) is 0.728. The van der Waals surface area contributed by atoms with Gasteiger partial charge in [0.15, 0.2) is 0 Å². The van der Waals surface area contributed by atoms with Gasteiger partial charge >= 0.3 is 0 Å². The van der Waals surface area contributed by atoms with Crippen LogP contribution in [0.2, 0.25) is 0 Å². The van der Waals surface area contributed by atoms with Gasteiger partial charge in [-0.25, -0.2) is 0 Å². The summed E-state index contributed by atoms with van der Waals surface area (Å²) in [4.78, 5) is 4.84. The Morgan fingerprint density at radius 2 is 2.07 bits per heavy atom. The summed E-state index contributed by atoms with van der Waals surface area (Å²) in [6, 6.07) is 0.882. The zero-order chi connectivity index (χ0) is 10.6. The molecule has 1 rings (SSSR count). The second kappa shape index (κ2) is 5.69. The summed E-state index contributed by atoms with van der Waals surface area (Å²) in [6.45, 7) is 5.73. The van der Waals surface area contributed by atoms with Crippen molar-refractivity contribution < 1.29 is 0 Å². The third kappa shape index (κ3) is 3.23. The minimum atomic E-state index is 0.338. The molecule has 0 aromatic heterocycles. The standard InChI is InChI=1S/C11H25N3/c1-4-6-10(12)11-9-13(2)7-5-8-14(11)3/h10-11H,4-9,12H2,1-3H3/t10-,11?/m1/s1. The molecule has 14 heavy (non-hydrogen) atoms. The number of likely N-dealkylation sites (N-methyl/N-ethyl adjacent to an activating group) is 2. The van der Waals surface area contributed by atoms with Crippen molar-refractivity contribution in [3.05, 3.63) is 0 Å². The van der Waals surface area contributed by atoms with Crippen LogP contribution in [0.5, 0.6) is 0 Å². The molecule has 0 spiro atoms. The van der Waals surface area contributed by atoms with Crippen LogP contribution in [0, 0.1) is 0 Å². The van der Waals surface area contributed by atoms with Crippen LogP contribution in [0.4, 0.5) is 0 Å². The van der Waals surface area contributed by atoms with E-state index in [9.17, 15) is 0 Å². The molecule has 2 N–H and O–H groups in total. The first-order chi connectivity index (χ1) is 6.65. The number of rotatable bonds is 3. The maximum Gasteiger partial charge on any atom is 0.0371 e. The molecule has 3 heteroatoms. The number of nitrogens with zero attached hydrogens (tertiary/aromatic N) is 2. The molecular formula is C11H25N3. The Morgan fingerprint density at radius 3 is 2.71 bits per heavy atom. The van der Waals surface area contributed by atoms with Gasteiger partial charge in [-0.1, -0.05) is 13.3 Å². The van der Waals surface area contributed by atoms with Crippen molar-refractivity contribution in [2.45, 2.75) is 38.3 Å². The topological polar surface area (TPSA) is 32.5 Å². The lowest BCUT2D eigenvalue weighted by molar-refractivity contribution is 0.191. The van der Waals surface area contributed by atoms with E-state index >= 15 is 0 Å². The lowest BCUT2D eigenvalue weighted by Gasteiger charge is -2.32. The van der Waals surface area contributed by atoms with Gasteiger partial charge in [0, 0.05) is 18.6 Å². The van der Waals surface area contributed by atoms with Crippen LogP contribution in [-0.4, -0.2) is 55.6 Å². The molecule has 0 bridgehead atoms. The van der Waals surface area contributed by atoms with Gasteiger partial charge in [-0.15, -0.1) is 0 Å². The number of hydrogen-bond acceptors (Lipinski definition) is 3. The van der Waals surface area contributed by atoms with Gasteiger partial charge in [0.25, 0.3) is 0 Å². The monoisotopic (exact) mass is 199 g/mol. The van der Waals surface area contributed by atoms with Gasteiger partial charge in [0.2, 0.25) is 0 Å². The van der Waals surface area contributed by atoms with Gasteiger partial charge in [-0.05, 0) is 40.0 Å². The Bertz CT molecular complexity index is 161. The Balaban J connectivity index is 2.52. The normalized spacial score (nSPS) is 28.7. The molecule has 0 aromatic rings. The highest BCUT2D eigenvalue weighted by Crippen LogP contribution is 2.12. The van der Waals surface area contributed by atoms with Crippen molar-refractivity contribution in [2.24, 2.45) is 5.73 Å². The second-order valence-electron chi connectivity index (χ2n) is 4.62. The molecule has 0 aliphatic carbocycles. The van der Waals surface area contributed by atoms with Crippen LogP contribution in [0.3, 0.4) is 0 Å². The molecule has 0 radical (unpaired) electrons. The van der Waals surface area contributed by atoms with E-state index in [1.807, 2.05) is 0 Å². The summed E-state index contributed by atoms with van der Waals surface area (Å²) in [5, 5.41) is 0. The smallest absolute Gasteiger partial charge is 0.0371 e. The van der Waals surface area contributed by atoms with Crippen molar-refractivity contribution in [3.63, 3.8) is 0 Å². The van der Waals surface area contributed by atoms with E-state index in [0.29, 0.717) is 12.1 Å². The molecule has 1 fully saturated rings. The van der Waals surface area contributed by atoms with E-state index in [-0.39, 0.29) is 0 Å². The molecular weight excluding hydrogens is 174 g/mol. The van der Waals surface area contributed by atoms with Gasteiger partial charge < -0.3 is 15.5 Å². The summed E-state index contributed by atoms with van der Waals surface area (Å²) < 4.78 is 0. The number of nitrogens with two attached hydrogens (primary N) is 1. The fourth-order valence-corrected chi connectivity index (χ4v) is 2.29. The van der Waals surface area contributed by atoms with E-state index in [1.165, 1.54) is 25.9 Å². The highest BCUT2D eigenvalue weighted by Gasteiger charge is 2.25. The maximum atomic E-state index is 6.21. The molecule has 84 valence electrons. The van der Waals surface area contributed by atoms with Crippen LogP contribution in [-0.2, 0) is 0 Å². The van der Waals surface area contributed by atoms with Crippen LogP contribution in [0.25, 0.3) is 0 Å². The van der Waals surface area contributed by atoms with Gasteiger partial charge in [-0.2, -0.15) is 0 Å². The minimum Gasteiger partial charge on any atom is -0.326 e. The van der Waals surface area contributed by atoms with E-state index < -0.39 is 0 Å².